The summed E-state index contributed by atoms with van der Waals surface area (Å²) >= 11 is 0. The maximum atomic E-state index is 5.81. The van der Waals surface area contributed by atoms with Crippen molar-refractivity contribution in [2.24, 2.45) is 5.73 Å². The van der Waals surface area contributed by atoms with Crippen LogP contribution in [0, 0.1) is 13.8 Å². The third-order valence-corrected chi connectivity index (χ3v) is 4.56. The number of rotatable bonds is 3. The van der Waals surface area contributed by atoms with Gasteiger partial charge in [-0.1, -0.05) is 0 Å². The van der Waals surface area contributed by atoms with Crippen LogP contribution in [0.4, 0.5) is 5.82 Å². The van der Waals surface area contributed by atoms with E-state index >= 15 is 0 Å². The number of benzene rings is 1. The number of aromatic nitrogens is 1. The maximum absolute atomic E-state index is 5.81. The summed E-state index contributed by atoms with van der Waals surface area (Å²) in [5, 5.41) is 1.24. The van der Waals surface area contributed by atoms with Crippen LogP contribution in [0.2, 0.25) is 0 Å². The largest absolute Gasteiger partial charge is 0.356 e. The monoisotopic (exact) mass is 283 g/mol. The molecule has 2 aromatic rings. The van der Waals surface area contributed by atoms with Gasteiger partial charge in [-0.25, -0.2) is 4.98 Å². The van der Waals surface area contributed by atoms with Crippen molar-refractivity contribution in [3.05, 3.63) is 34.9 Å². The first kappa shape index (κ1) is 14.3. The summed E-state index contributed by atoms with van der Waals surface area (Å²) in [6.45, 7) is 7.25. The highest BCUT2D eigenvalue weighted by Gasteiger charge is 2.17. The van der Waals surface area contributed by atoms with E-state index in [0.717, 1.165) is 30.8 Å². The standard InChI is InChI=1S/C18H25N3/c1-13-10-16-12-15(6-7-19)18(20-17(16)11-14(13)2)21-8-4-3-5-9-21/h10-12H,3-9,19H2,1-2H3. The van der Waals surface area contributed by atoms with Gasteiger partial charge in [0.05, 0.1) is 5.52 Å². The Kier molecular flexibility index (Phi) is 4.11. The normalized spacial score (nSPS) is 15.7. The van der Waals surface area contributed by atoms with Gasteiger partial charge in [0.2, 0.25) is 0 Å². The zero-order chi connectivity index (χ0) is 14.8. The van der Waals surface area contributed by atoms with Crippen molar-refractivity contribution in [2.45, 2.75) is 39.5 Å². The number of anilines is 1. The number of nitrogens with two attached hydrogens (primary N) is 1. The van der Waals surface area contributed by atoms with E-state index < -0.39 is 0 Å². The lowest BCUT2D eigenvalue weighted by molar-refractivity contribution is 0.572. The van der Waals surface area contributed by atoms with Gasteiger partial charge >= 0.3 is 0 Å². The number of piperidine rings is 1. The van der Waals surface area contributed by atoms with Gasteiger partial charge in [0.1, 0.15) is 5.82 Å². The Labute approximate surface area is 127 Å². The summed E-state index contributed by atoms with van der Waals surface area (Å²) < 4.78 is 0. The lowest BCUT2D eigenvalue weighted by atomic mass is 10.0. The van der Waals surface area contributed by atoms with Crippen LogP contribution in [0.5, 0.6) is 0 Å². The van der Waals surface area contributed by atoms with Crippen LogP contribution in [-0.2, 0) is 6.42 Å². The van der Waals surface area contributed by atoms with Crippen LogP contribution < -0.4 is 10.6 Å². The molecule has 0 atom stereocenters. The Morgan fingerprint density at radius 3 is 2.48 bits per heavy atom. The molecule has 1 aromatic carbocycles. The highest BCUT2D eigenvalue weighted by atomic mass is 15.2. The molecule has 0 amide bonds. The van der Waals surface area contributed by atoms with Crippen LogP contribution in [0.1, 0.15) is 36.0 Å². The Balaban J connectivity index is 2.11. The van der Waals surface area contributed by atoms with Gasteiger partial charge in [-0.15, -0.1) is 0 Å². The van der Waals surface area contributed by atoms with E-state index in [-0.39, 0.29) is 0 Å². The predicted octanol–water partition coefficient (Wildman–Crippen LogP) is 3.34. The van der Waals surface area contributed by atoms with Crippen LogP contribution in [0.25, 0.3) is 10.9 Å². The summed E-state index contributed by atoms with van der Waals surface area (Å²) in [6.07, 6.45) is 4.79. The minimum absolute atomic E-state index is 0.679. The second-order valence-corrected chi connectivity index (χ2v) is 6.19. The first-order chi connectivity index (χ1) is 10.2. The van der Waals surface area contributed by atoms with Crippen molar-refractivity contribution < 1.29 is 0 Å². The molecule has 3 heteroatoms. The lowest BCUT2D eigenvalue weighted by Gasteiger charge is -2.30. The Hall–Kier alpha value is -1.61. The van der Waals surface area contributed by atoms with E-state index in [0.29, 0.717) is 6.54 Å². The second-order valence-electron chi connectivity index (χ2n) is 6.19. The number of hydrogen-bond donors (Lipinski definition) is 1. The summed E-state index contributed by atoms with van der Waals surface area (Å²) in [5.41, 5.74) is 10.9. The van der Waals surface area contributed by atoms with Gasteiger partial charge in [-0.2, -0.15) is 0 Å². The van der Waals surface area contributed by atoms with E-state index in [1.54, 1.807) is 0 Å². The molecule has 2 heterocycles. The van der Waals surface area contributed by atoms with E-state index in [1.807, 2.05) is 0 Å². The summed E-state index contributed by atoms with van der Waals surface area (Å²) in [5.74, 6) is 1.16. The lowest BCUT2D eigenvalue weighted by Crippen LogP contribution is -2.31. The Morgan fingerprint density at radius 2 is 1.76 bits per heavy atom. The van der Waals surface area contributed by atoms with Crippen LogP contribution in [0.3, 0.4) is 0 Å². The van der Waals surface area contributed by atoms with Crippen LogP contribution in [0.15, 0.2) is 18.2 Å². The first-order valence-electron chi connectivity index (χ1n) is 8.05. The first-order valence-corrected chi connectivity index (χ1v) is 8.05. The molecular weight excluding hydrogens is 258 g/mol. The maximum Gasteiger partial charge on any atom is 0.132 e. The molecule has 1 saturated heterocycles. The topological polar surface area (TPSA) is 42.1 Å². The third kappa shape index (κ3) is 2.88. The zero-order valence-electron chi connectivity index (χ0n) is 13.2. The molecule has 0 radical (unpaired) electrons. The summed E-state index contributed by atoms with van der Waals surface area (Å²) in [4.78, 5) is 7.44. The van der Waals surface area contributed by atoms with Crippen molar-refractivity contribution in [1.82, 2.24) is 4.98 Å². The third-order valence-electron chi connectivity index (χ3n) is 4.56. The Bertz CT molecular complexity index is 642. The molecular formula is C18H25N3. The van der Waals surface area contributed by atoms with Gasteiger partial charge in [0.15, 0.2) is 0 Å². The Morgan fingerprint density at radius 1 is 1.05 bits per heavy atom. The van der Waals surface area contributed by atoms with Gasteiger partial charge in [0.25, 0.3) is 0 Å². The van der Waals surface area contributed by atoms with Gasteiger partial charge in [-0.3, -0.25) is 0 Å². The molecule has 0 spiro atoms. The molecule has 0 saturated carbocycles. The molecule has 1 aliphatic heterocycles. The van der Waals surface area contributed by atoms with Crippen molar-refractivity contribution in [3.63, 3.8) is 0 Å². The molecule has 21 heavy (non-hydrogen) atoms. The fraction of sp³-hybridized carbons (Fsp3) is 0.500. The van der Waals surface area contributed by atoms with Crippen molar-refractivity contribution in [2.75, 3.05) is 24.5 Å². The van der Waals surface area contributed by atoms with Crippen molar-refractivity contribution in [1.29, 1.82) is 0 Å². The zero-order valence-corrected chi connectivity index (χ0v) is 13.2. The molecule has 3 nitrogen and oxygen atoms in total. The minimum atomic E-state index is 0.679. The number of nitrogens with zero attached hydrogens (tertiary/aromatic N) is 2. The van der Waals surface area contributed by atoms with Crippen LogP contribution in [-0.4, -0.2) is 24.6 Å². The summed E-state index contributed by atoms with van der Waals surface area (Å²) in [7, 11) is 0. The molecule has 2 N–H and O–H groups in total. The predicted molar refractivity (Wildman–Crippen MR) is 90.0 cm³/mol. The minimum Gasteiger partial charge on any atom is -0.356 e. The molecule has 112 valence electrons. The molecule has 0 aliphatic carbocycles. The average Bonchev–Trinajstić information content (AvgIpc) is 2.49. The molecule has 1 aliphatic rings. The number of pyridine rings is 1. The van der Waals surface area contributed by atoms with E-state index in [2.05, 4.69) is 36.9 Å². The molecule has 0 bridgehead atoms. The number of fused-ring (bicyclic) bond motifs is 1. The van der Waals surface area contributed by atoms with Gasteiger partial charge in [-0.05, 0) is 81.0 Å². The smallest absolute Gasteiger partial charge is 0.132 e. The van der Waals surface area contributed by atoms with E-state index in [9.17, 15) is 0 Å². The molecule has 1 fully saturated rings. The van der Waals surface area contributed by atoms with Gasteiger partial charge < -0.3 is 10.6 Å². The molecule has 1 aromatic heterocycles. The number of hydrogen-bond acceptors (Lipinski definition) is 3. The fourth-order valence-electron chi connectivity index (χ4n) is 3.19. The highest BCUT2D eigenvalue weighted by Crippen LogP contribution is 2.28. The quantitative estimate of drug-likeness (QED) is 0.939. The van der Waals surface area contributed by atoms with E-state index in [4.69, 9.17) is 10.7 Å². The fourth-order valence-corrected chi connectivity index (χ4v) is 3.19. The van der Waals surface area contributed by atoms with E-state index in [1.165, 1.54) is 41.3 Å². The van der Waals surface area contributed by atoms with Crippen molar-refractivity contribution >= 4 is 16.7 Å². The van der Waals surface area contributed by atoms with Gasteiger partial charge in [0, 0.05) is 18.5 Å². The SMILES string of the molecule is Cc1cc2cc(CCN)c(N3CCCCC3)nc2cc1C. The number of aryl methyl sites for hydroxylation is 2. The summed E-state index contributed by atoms with van der Waals surface area (Å²) in [6, 6.07) is 6.76. The van der Waals surface area contributed by atoms with Crippen LogP contribution >= 0.6 is 0 Å². The average molecular weight is 283 g/mol. The molecule has 0 unspecified atom stereocenters. The van der Waals surface area contributed by atoms with Crippen molar-refractivity contribution in [3.8, 4) is 0 Å². The highest BCUT2D eigenvalue weighted by molar-refractivity contribution is 5.83. The molecule has 3 rings (SSSR count). The second kappa shape index (κ2) is 6.02.